The predicted octanol–water partition coefficient (Wildman–Crippen LogP) is 3.73. The van der Waals surface area contributed by atoms with Gasteiger partial charge in [0.2, 0.25) is 0 Å². The number of furan rings is 1. The maximum absolute atomic E-state index is 6.01. The largest absolute Gasteiger partial charge is 0.459 e. The molecule has 18 heavy (non-hydrogen) atoms. The standard InChI is InChI=1S/C16H21NO/c1-10(2)17-9-16-11(3)14-7-12-5-4-6-13(12)8-15(14)18-16/h7-8,10,17H,4-6,9H2,1-3H3. The first-order valence-electron chi connectivity index (χ1n) is 6.92. The van der Waals surface area contributed by atoms with Gasteiger partial charge in [-0.05, 0) is 55.0 Å². The summed E-state index contributed by atoms with van der Waals surface area (Å²) in [5, 5.41) is 4.73. The molecule has 2 heteroatoms. The van der Waals surface area contributed by atoms with Gasteiger partial charge in [0.25, 0.3) is 0 Å². The van der Waals surface area contributed by atoms with Gasteiger partial charge in [-0.1, -0.05) is 13.8 Å². The zero-order valence-corrected chi connectivity index (χ0v) is 11.5. The number of hydrogen-bond donors (Lipinski definition) is 1. The lowest BCUT2D eigenvalue weighted by molar-refractivity contribution is 0.485. The number of nitrogens with one attached hydrogen (secondary N) is 1. The Kier molecular flexibility index (Phi) is 2.90. The summed E-state index contributed by atoms with van der Waals surface area (Å²) in [6, 6.07) is 5.08. The minimum absolute atomic E-state index is 0.489. The molecule has 0 saturated carbocycles. The first kappa shape index (κ1) is 11.8. The Hall–Kier alpha value is -1.28. The van der Waals surface area contributed by atoms with Crippen molar-refractivity contribution in [1.82, 2.24) is 5.32 Å². The van der Waals surface area contributed by atoms with Gasteiger partial charge < -0.3 is 9.73 Å². The van der Waals surface area contributed by atoms with Crippen LogP contribution in [0.1, 0.15) is 42.7 Å². The summed E-state index contributed by atoms with van der Waals surface area (Å²) in [5.74, 6) is 1.09. The monoisotopic (exact) mass is 243 g/mol. The second-order valence-corrected chi connectivity index (χ2v) is 5.66. The van der Waals surface area contributed by atoms with E-state index in [1.165, 1.54) is 41.3 Å². The molecule has 1 aliphatic carbocycles. The van der Waals surface area contributed by atoms with Crippen molar-refractivity contribution in [3.63, 3.8) is 0 Å². The maximum Gasteiger partial charge on any atom is 0.134 e. The van der Waals surface area contributed by atoms with Crippen LogP contribution < -0.4 is 5.32 Å². The fraction of sp³-hybridized carbons (Fsp3) is 0.500. The molecule has 0 aliphatic heterocycles. The fourth-order valence-electron chi connectivity index (χ4n) is 2.80. The lowest BCUT2D eigenvalue weighted by atomic mass is 10.1. The van der Waals surface area contributed by atoms with E-state index in [1.54, 1.807) is 0 Å². The first-order chi connectivity index (χ1) is 8.65. The van der Waals surface area contributed by atoms with E-state index in [1.807, 2.05) is 0 Å². The SMILES string of the molecule is Cc1c(CNC(C)C)oc2cc3c(cc12)CCC3. The zero-order valence-electron chi connectivity index (χ0n) is 11.5. The molecule has 96 valence electrons. The van der Waals surface area contributed by atoms with Gasteiger partial charge in [0.1, 0.15) is 11.3 Å². The van der Waals surface area contributed by atoms with Crippen molar-refractivity contribution >= 4 is 11.0 Å². The molecular formula is C16H21NO. The Labute approximate surface area is 108 Å². The third-order valence-corrected chi connectivity index (χ3v) is 3.92. The summed E-state index contributed by atoms with van der Waals surface area (Å²) in [6.45, 7) is 7.31. The van der Waals surface area contributed by atoms with Crippen LogP contribution in [-0.4, -0.2) is 6.04 Å². The molecule has 2 aromatic rings. The molecule has 1 heterocycles. The van der Waals surface area contributed by atoms with E-state index < -0.39 is 0 Å². The highest BCUT2D eigenvalue weighted by Crippen LogP contribution is 2.32. The van der Waals surface area contributed by atoms with E-state index in [9.17, 15) is 0 Å². The lowest BCUT2D eigenvalue weighted by Crippen LogP contribution is -2.21. The van der Waals surface area contributed by atoms with Gasteiger partial charge >= 0.3 is 0 Å². The van der Waals surface area contributed by atoms with Crippen molar-refractivity contribution in [3.8, 4) is 0 Å². The third kappa shape index (κ3) is 1.95. The molecule has 1 N–H and O–H groups in total. The van der Waals surface area contributed by atoms with Crippen molar-refractivity contribution in [3.05, 3.63) is 34.6 Å². The summed E-state index contributed by atoms with van der Waals surface area (Å²) in [5.41, 5.74) is 5.37. The van der Waals surface area contributed by atoms with Crippen LogP contribution in [0, 0.1) is 6.92 Å². The predicted molar refractivity (Wildman–Crippen MR) is 75.0 cm³/mol. The minimum Gasteiger partial charge on any atom is -0.459 e. The average Bonchev–Trinajstić information content (AvgIpc) is 2.89. The normalized spacial score (nSPS) is 14.7. The van der Waals surface area contributed by atoms with E-state index in [0.717, 1.165) is 17.9 Å². The van der Waals surface area contributed by atoms with Gasteiger partial charge in [-0.2, -0.15) is 0 Å². The molecular weight excluding hydrogens is 222 g/mol. The third-order valence-electron chi connectivity index (χ3n) is 3.92. The molecule has 0 bridgehead atoms. The van der Waals surface area contributed by atoms with Crippen LogP contribution in [0.5, 0.6) is 0 Å². The van der Waals surface area contributed by atoms with Crippen molar-refractivity contribution in [1.29, 1.82) is 0 Å². The molecule has 1 aromatic heterocycles. The van der Waals surface area contributed by atoms with Gasteiger partial charge in [-0.15, -0.1) is 0 Å². The van der Waals surface area contributed by atoms with E-state index in [-0.39, 0.29) is 0 Å². The van der Waals surface area contributed by atoms with Crippen LogP contribution in [-0.2, 0) is 19.4 Å². The quantitative estimate of drug-likeness (QED) is 0.888. The highest BCUT2D eigenvalue weighted by Gasteiger charge is 2.16. The molecule has 0 saturated heterocycles. The van der Waals surface area contributed by atoms with E-state index >= 15 is 0 Å². The molecule has 0 radical (unpaired) electrons. The lowest BCUT2D eigenvalue weighted by Gasteiger charge is -2.05. The summed E-state index contributed by atoms with van der Waals surface area (Å²) in [6.07, 6.45) is 3.74. The molecule has 0 unspecified atom stereocenters. The molecule has 1 aliphatic rings. The summed E-state index contributed by atoms with van der Waals surface area (Å²) in [4.78, 5) is 0. The van der Waals surface area contributed by atoms with Crippen molar-refractivity contribution in [2.75, 3.05) is 0 Å². The zero-order chi connectivity index (χ0) is 12.7. The smallest absolute Gasteiger partial charge is 0.134 e. The molecule has 0 amide bonds. The van der Waals surface area contributed by atoms with Gasteiger partial charge in [-0.3, -0.25) is 0 Å². The topological polar surface area (TPSA) is 25.2 Å². The molecule has 0 spiro atoms. The first-order valence-corrected chi connectivity index (χ1v) is 6.92. The Morgan fingerprint density at radius 3 is 2.67 bits per heavy atom. The second-order valence-electron chi connectivity index (χ2n) is 5.66. The van der Waals surface area contributed by atoms with Crippen LogP contribution in [0.25, 0.3) is 11.0 Å². The Morgan fingerprint density at radius 2 is 1.94 bits per heavy atom. The Balaban J connectivity index is 2.00. The van der Waals surface area contributed by atoms with Crippen LogP contribution in [0.3, 0.4) is 0 Å². The van der Waals surface area contributed by atoms with E-state index in [0.29, 0.717) is 6.04 Å². The van der Waals surface area contributed by atoms with Gasteiger partial charge in [0, 0.05) is 11.4 Å². The Bertz CT molecular complexity index is 580. The minimum atomic E-state index is 0.489. The fourth-order valence-corrected chi connectivity index (χ4v) is 2.80. The number of aryl methyl sites for hydroxylation is 3. The average molecular weight is 243 g/mol. The van der Waals surface area contributed by atoms with Crippen molar-refractivity contribution < 1.29 is 4.42 Å². The highest BCUT2D eigenvalue weighted by atomic mass is 16.3. The summed E-state index contributed by atoms with van der Waals surface area (Å²) in [7, 11) is 0. The van der Waals surface area contributed by atoms with Gasteiger partial charge in [0.05, 0.1) is 6.54 Å². The van der Waals surface area contributed by atoms with E-state index in [4.69, 9.17) is 4.42 Å². The number of benzene rings is 1. The van der Waals surface area contributed by atoms with Crippen LogP contribution in [0.15, 0.2) is 16.5 Å². The maximum atomic E-state index is 6.01. The molecule has 1 aromatic carbocycles. The van der Waals surface area contributed by atoms with Crippen LogP contribution in [0.2, 0.25) is 0 Å². The second kappa shape index (κ2) is 4.43. The van der Waals surface area contributed by atoms with Crippen molar-refractivity contribution in [2.45, 2.75) is 52.6 Å². The molecule has 3 rings (SSSR count). The van der Waals surface area contributed by atoms with Crippen LogP contribution in [0.4, 0.5) is 0 Å². The molecule has 0 atom stereocenters. The van der Waals surface area contributed by atoms with Crippen LogP contribution >= 0.6 is 0 Å². The number of fused-ring (bicyclic) bond motifs is 2. The van der Waals surface area contributed by atoms with Gasteiger partial charge in [-0.25, -0.2) is 0 Å². The molecule has 0 fully saturated rings. The molecule has 2 nitrogen and oxygen atoms in total. The van der Waals surface area contributed by atoms with E-state index in [2.05, 4.69) is 38.2 Å². The number of hydrogen-bond acceptors (Lipinski definition) is 2. The van der Waals surface area contributed by atoms with Crippen molar-refractivity contribution in [2.24, 2.45) is 0 Å². The Morgan fingerprint density at radius 1 is 1.22 bits per heavy atom. The highest BCUT2D eigenvalue weighted by molar-refractivity contribution is 5.84. The number of rotatable bonds is 3. The van der Waals surface area contributed by atoms with Gasteiger partial charge in [0.15, 0.2) is 0 Å². The summed E-state index contributed by atoms with van der Waals surface area (Å²) < 4.78 is 6.01. The summed E-state index contributed by atoms with van der Waals surface area (Å²) >= 11 is 0.